The van der Waals surface area contributed by atoms with Gasteiger partial charge in [-0.1, -0.05) is 19.3 Å². The Morgan fingerprint density at radius 2 is 1.56 bits per heavy atom. The molecule has 0 radical (unpaired) electrons. The van der Waals surface area contributed by atoms with Crippen molar-refractivity contribution < 1.29 is 14.7 Å². The molecule has 1 atom stereocenters. The molecule has 0 aromatic carbocycles. The van der Waals surface area contributed by atoms with Crippen molar-refractivity contribution in [1.29, 1.82) is 0 Å². The first kappa shape index (κ1) is 19.1. The number of urea groups is 1. The molecule has 5 rings (SSSR count). The predicted octanol–water partition coefficient (Wildman–Crippen LogP) is 4.32. The fourth-order valence-electron chi connectivity index (χ4n) is 7.42. The van der Waals surface area contributed by atoms with E-state index in [4.69, 9.17) is 0 Å². The van der Waals surface area contributed by atoms with Crippen molar-refractivity contribution in [2.45, 2.75) is 90.0 Å². The fourth-order valence-corrected chi connectivity index (χ4v) is 7.42. The Morgan fingerprint density at radius 3 is 2.07 bits per heavy atom. The first-order valence-electron chi connectivity index (χ1n) is 11.1. The highest BCUT2D eigenvalue weighted by atomic mass is 16.4. The lowest BCUT2D eigenvalue weighted by molar-refractivity contribution is -0.140. The van der Waals surface area contributed by atoms with Crippen LogP contribution in [-0.2, 0) is 4.79 Å². The average molecular weight is 377 g/mol. The lowest BCUT2D eigenvalue weighted by Crippen LogP contribution is -2.57. The van der Waals surface area contributed by atoms with E-state index in [1.165, 1.54) is 44.9 Å². The Morgan fingerprint density at radius 1 is 1.00 bits per heavy atom. The Balaban J connectivity index is 1.33. The van der Waals surface area contributed by atoms with E-state index in [0.717, 1.165) is 43.4 Å². The number of carboxylic acid groups (broad SMARTS) is 1. The van der Waals surface area contributed by atoms with Gasteiger partial charge >= 0.3 is 12.0 Å². The standard InChI is InChI=1S/C22H36N2O3/c1-15(22-10-16-7-17(11-22)9-18(8-16)12-22)24-20(27)23-14-21(13-19(25)26)5-3-2-4-6-21/h15-18H,2-14H2,1H3,(H,25,26)(H2,23,24,27). The smallest absolute Gasteiger partial charge is 0.315 e. The summed E-state index contributed by atoms with van der Waals surface area (Å²) in [6.45, 7) is 2.68. The van der Waals surface area contributed by atoms with Gasteiger partial charge in [-0.05, 0) is 86.9 Å². The van der Waals surface area contributed by atoms with Crippen LogP contribution in [-0.4, -0.2) is 29.7 Å². The Kier molecular flexibility index (Phi) is 5.15. The third-order valence-corrected chi connectivity index (χ3v) is 8.42. The summed E-state index contributed by atoms with van der Waals surface area (Å²) in [4.78, 5) is 24.0. The molecule has 0 aromatic rings. The van der Waals surface area contributed by atoms with Crippen LogP contribution < -0.4 is 10.6 Å². The van der Waals surface area contributed by atoms with Gasteiger partial charge in [0.15, 0.2) is 0 Å². The minimum atomic E-state index is -0.749. The molecule has 5 nitrogen and oxygen atoms in total. The van der Waals surface area contributed by atoms with Crippen LogP contribution in [0.15, 0.2) is 0 Å². The summed E-state index contributed by atoms with van der Waals surface area (Å²) >= 11 is 0. The maximum atomic E-state index is 12.6. The van der Waals surface area contributed by atoms with E-state index >= 15 is 0 Å². The van der Waals surface area contributed by atoms with E-state index in [-0.39, 0.29) is 23.9 Å². The molecule has 5 aliphatic rings. The van der Waals surface area contributed by atoms with Crippen LogP contribution in [0.1, 0.15) is 84.0 Å². The van der Waals surface area contributed by atoms with Crippen LogP contribution in [0.4, 0.5) is 4.79 Å². The van der Waals surface area contributed by atoms with Gasteiger partial charge in [0.1, 0.15) is 0 Å². The second-order valence-electron chi connectivity index (χ2n) is 10.5. The van der Waals surface area contributed by atoms with Crippen LogP contribution in [0.2, 0.25) is 0 Å². The zero-order valence-corrected chi connectivity index (χ0v) is 16.8. The minimum absolute atomic E-state index is 0.103. The summed E-state index contributed by atoms with van der Waals surface area (Å²) in [6.07, 6.45) is 13.4. The number of carbonyl (C=O) groups is 2. The third-order valence-electron chi connectivity index (χ3n) is 8.42. The summed E-state index contributed by atoms with van der Waals surface area (Å²) in [7, 11) is 0. The van der Waals surface area contributed by atoms with Crippen LogP contribution in [0.5, 0.6) is 0 Å². The minimum Gasteiger partial charge on any atom is -0.481 e. The first-order chi connectivity index (χ1) is 12.9. The summed E-state index contributed by atoms with van der Waals surface area (Å²) in [6, 6.07) is 0.0984. The van der Waals surface area contributed by atoms with Crippen molar-refractivity contribution in [3.63, 3.8) is 0 Å². The van der Waals surface area contributed by atoms with Gasteiger partial charge in [-0.15, -0.1) is 0 Å². The van der Waals surface area contributed by atoms with Crippen LogP contribution in [0.3, 0.4) is 0 Å². The number of hydrogen-bond acceptors (Lipinski definition) is 2. The van der Waals surface area contributed by atoms with Gasteiger partial charge in [0.25, 0.3) is 0 Å². The summed E-state index contributed by atoms with van der Waals surface area (Å²) in [5.41, 5.74) is 0.0427. The lowest BCUT2D eigenvalue weighted by atomic mass is 9.48. The Labute approximate surface area is 163 Å². The highest BCUT2D eigenvalue weighted by Crippen LogP contribution is 2.61. The molecule has 5 heteroatoms. The molecule has 2 amide bonds. The van der Waals surface area contributed by atoms with Crippen molar-refractivity contribution in [3.05, 3.63) is 0 Å². The molecule has 0 saturated heterocycles. The van der Waals surface area contributed by atoms with E-state index in [2.05, 4.69) is 17.6 Å². The molecule has 5 aliphatic carbocycles. The molecule has 0 heterocycles. The number of rotatable bonds is 6. The molecule has 27 heavy (non-hydrogen) atoms. The number of carboxylic acids is 1. The van der Waals surface area contributed by atoms with Gasteiger partial charge in [-0.3, -0.25) is 4.79 Å². The zero-order chi connectivity index (χ0) is 19.1. The topological polar surface area (TPSA) is 78.4 Å². The first-order valence-corrected chi connectivity index (χ1v) is 11.1. The summed E-state index contributed by atoms with van der Waals surface area (Å²) in [5.74, 6) is 1.89. The van der Waals surface area contributed by atoms with Crippen molar-refractivity contribution in [2.75, 3.05) is 6.54 Å². The molecule has 0 spiro atoms. The molecule has 0 aliphatic heterocycles. The quantitative estimate of drug-likeness (QED) is 0.646. The Bertz CT molecular complexity index is 547. The third kappa shape index (κ3) is 3.97. The molecule has 5 fully saturated rings. The number of amides is 2. The van der Waals surface area contributed by atoms with Crippen molar-refractivity contribution in [2.24, 2.45) is 28.6 Å². The van der Waals surface area contributed by atoms with E-state index in [1.54, 1.807) is 0 Å². The van der Waals surface area contributed by atoms with Crippen LogP contribution >= 0.6 is 0 Å². The normalized spacial score (nSPS) is 37.6. The van der Waals surface area contributed by atoms with E-state index < -0.39 is 5.97 Å². The zero-order valence-electron chi connectivity index (χ0n) is 16.8. The van der Waals surface area contributed by atoms with Gasteiger partial charge in [0, 0.05) is 12.6 Å². The Hall–Kier alpha value is -1.26. The number of hydrogen-bond donors (Lipinski definition) is 3. The molecule has 3 N–H and O–H groups in total. The predicted molar refractivity (Wildman–Crippen MR) is 104 cm³/mol. The molecular formula is C22H36N2O3. The molecule has 5 saturated carbocycles. The molecular weight excluding hydrogens is 340 g/mol. The molecule has 152 valence electrons. The molecule has 0 aromatic heterocycles. The van der Waals surface area contributed by atoms with Crippen molar-refractivity contribution in [3.8, 4) is 0 Å². The number of nitrogens with one attached hydrogen (secondary N) is 2. The summed E-state index contributed by atoms with van der Waals surface area (Å²) < 4.78 is 0. The van der Waals surface area contributed by atoms with E-state index in [1.807, 2.05) is 0 Å². The van der Waals surface area contributed by atoms with Gasteiger partial charge in [-0.25, -0.2) is 4.79 Å². The second-order valence-corrected chi connectivity index (χ2v) is 10.5. The van der Waals surface area contributed by atoms with E-state index in [0.29, 0.717) is 12.0 Å². The average Bonchev–Trinajstić information content (AvgIpc) is 2.59. The van der Waals surface area contributed by atoms with Gasteiger partial charge < -0.3 is 15.7 Å². The highest BCUT2D eigenvalue weighted by molar-refractivity contribution is 5.74. The fraction of sp³-hybridized carbons (Fsp3) is 0.909. The molecule has 1 unspecified atom stereocenters. The largest absolute Gasteiger partial charge is 0.481 e. The maximum Gasteiger partial charge on any atom is 0.315 e. The SMILES string of the molecule is CC(NC(=O)NCC1(CC(=O)O)CCCCC1)C12CC3CC(CC(C3)C1)C2. The van der Waals surface area contributed by atoms with Crippen molar-refractivity contribution >= 4 is 12.0 Å². The lowest BCUT2D eigenvalue weighted by Gasteiger charge is -2.59. The van der Waals surface area contributed by atoms with E-state index in [9.17, 15) is 14.7 Å². The van der Waals surface area contributed by atoms with Crippen LogP contribution in [0.25, 0.3) is 0 Å². The molecule has 4 bridgehead atoms. The van der Waals surface area contributed by atoms with Gasteiger partial charge in [0.05, 0.1) is 6.42 Å². The highest BCUT2D eigenvalue weighted by Gasteiger charge is 2.53. The van der Waals surface area contributed by atoms with Crippen LogP contribution in [0, 0.1) is 28.6 Å². The maximum absolute atomic E-state index is 12.6. The number of aliphatic carboxylic acids is 1. The second kappa shape index (κ2) is 7.29. The number of carbonyl (C=O) groups excluding carboxylic acids is 1. The monoisotopic (exact) mass is 376 g/mol. The van der Waals surface area contributed by atoms with Crippen molar-refractivity contribution in [1.82, 2.24) is 10.6 Å². The summed E-state index contributed by atoms with van der Waals surface area (Å²) in [5, 5.41) is 15.6. The van der Waals surface area contributed by atoms with Gasteiger partial charge in [-0.2, -0.15) is 0 Å². The van der Waals surface area contributed by atoms with Gasteiger partial charge in [0.2, 0.25) is 0 Å².